The summed E-state index contributed by atoms with van der Waals surface area (Å²) in [6, 6.07) is 0. The number of hydrogen-bond acceptors (Lipinski definition) is 3. The molecule has 0 aromatic rings. The minimum absolute atomic E-state index is 0.224. The lowest BCUT2D eigenvalue weighted by atomic mass is 10.1. The fourth-order valence-corrected chi connectivity index (χ4v) is 1.07. The Hall–Kier alpha value is -1.32. The Morgan fingerprint density at radius 2 is 2.00 bits per heavy atom. The smallest absolute Gasteiger partial charge is 0.293 e. The lowest BCUT2D eigenvalue weighted by Crippen LogP contribution is -2.23. The highest BCUT2D eigenvalue weighted by Gasteiger charge is 2.28. The van der Waals surface area contributed by atoms with Gasteiger partial charge in [0.1, 0.15) is 0 Å². The van der Waals surface area contributed by atoms with Gasteiger partial charge < -0.3 is 5.11 Å². The molecule has 0 aliphatic carbocycles. The Labute approximate surface area is 70.3 Å². The first-order chi connectivity index (χ1) is 5.66. The highest BCUT2D eigenvalue weighted by Crippen LogP contribution is 2.16. The lowest BCUT2D eigenvalue weighted by Gasteiger charge is -1.96. The maximum atomic E-state index is 11.0. The van der Waals surface area contributed by atoms with Crippen LogP contribution in [0.4, 0.5) is 0 Å². The summed E-state index contributed by atoms with van der Waals surface area (Å²) in [5.74, 6) is -1.54. The summed E-state index contributed by atoms with van der Waals surface area (Å²) < 4.78 is 0. The van der Waals surface area contributed by atoms with Crippen LogP contribution in [0.3, 0.4) is 0 Å². The molecule has 1 aliphatic heterocycles. The molecule has 4 heteroatoms. The van der Waals surface area contributed by atoms with Gasteiger partial charge in [-0.05, 0) is 12.8 Å². The predicted molar refractivity (Wildman–Crippen MR) is 42.3 cm³/mol. The predicted octanol–water partition coefficient (Wildman–Crippen LogP) is 0.645. The van der Waals surface area contributed by atoms with Crippen LogP contribution in [-0.2, 0) is 9.59 Å². The summed E-state index contributed by atoms with van der Waals surface area (Å²) in [5.41, 5.74) is 0.224. The lowest BCUT2D eigenvalue weighted by molar-refractivity contribution is -0.125. The van der Waals surface area contributed by atoms with Gasteiger partial charge in [0.25, 0.3) is 11.8 Å². The molecule has 0 spiro atoms. The molecule has 1 aliphatic rings. The summed E-state index contributed by atoms with van der Waals surface area (Å²) in [4.78, 5) is 21.7. The molecule has 0 saturated heterocycles. The van der Waals surface area contributed by atoms with Crippen LogP contribution < -0.4 is 5.32 Å². The number of aliphatic hydroxyl groups is 1. The third-order valence-electron chi connectivity index (χ3n) is 1.78. The third-order valence-corrected chi connectivity index (χ3v) is 1.78. The van der Waals surface area contributed by atoms with Gasteiger partial charge in [0.15, 0.2) is 5.76 Å². The minimum atomic E-state index is -0.675. The number of carbonyl (C=O) groups is 2. The second kappa shape index (κ2) is 3.38. The maximum Gasteiger partial charge on any atom is 0.293 e. The van der Waals surface area contributed by atoms with E-state index in [1.165, 1.54) is 0 Å². The molecule has 4 nitrogen and oxygen atoms in total. The van der Waals surface area contributed by atoms with Gasteiger partial charge >= 0.3 is 0 Å². The minimum Gasteiger partial charge on any atom is -0.503 e. The standard InChI is InChI=1S/C8H11NO3/c1-2-3-4-5-6(10)8(12)9-7(5)11/h2-4H2,1H3,(H2,9,10,11,12). The largest absolute Gasteiger partial charge is 0.503 e. The number of rotatable bonds is 3. The Morgan fingerprint density at radius 1 is 1.33 bits per heavy atom. The van der Waals surface area contributed by atoms with Crippen molar-refractivity contribution in [3.8, 4) is 0 Å². The van der Waals surface area contributed by atoms with Gasteiger partial charge in [-0.25, -0.2) is 0 Å². The summed E-state index contributed by atoms with van der Waals surface area (Å²) in [7, 11) is 0. The Balaban J connectivity index is 2.71. The molecule has 66 valence electrons. The second-order valence-corrected chi connectivity index (χ2v) is 2.71. The molecular formula is C8H11NO3. The average molecular weight is 169 g/mol. The summed E-state index contributed by atoms with van der Waals surface area (Å²) >= 11 is 0. The molecule has 2 N–H and O–H groups in total. The maximum absolute atomic E-state index is 11.0. The Kier molecular flexibility index (Phi) is 2.47. The quantitative estimate of drug-likeness (QED) is 0.609. The van der Waals surface area contributed by atoms with Crippen LogP contribution in [0.1, 0.15) is 26.2 Å². The van der Waals surface area contributed by atoms with Crippen LogP contribution in [0.5, 0.6) is 0 Å². The van der Waals surface area contributed by atoms with E-state index in [1.807, 2.05) is 12.2 Å². The monoisotopic (exact) mass is 169 g/mol. The highest BCUT2D eigenvalue weighted by molar-refractivity contribution is 6.18. The average Bonchev–Trinajstić information content (AvgIpc) is 2.25. The van der Waals surface area contributed by atoms with Crippen molar-refractivity contribution in [2.45, 2.75) is 26.2 Å². The first-order valence-electron chi connectivity index (χ1n) is 3.94. The zero-order chi connectivity index (χ0) is 9.14. The Bertz CT molecular complexity index is 255. The van der Waals surface area contributed by atoms with Crippen molar-refractivity contribution in [2.75, 3.05) is 0 Å². The first kappa shape index (κ1) is 8.77. The normalized spacial score (nSPS) is 17.1. The van der Waals surface area contributed by atoms with Crippen molar-refractivity contribution in [2.24, 2.45) is 0 Å². The summed E-state index contributed by atoms with van der Waals surface area (Å²) in [6.07, 6.45) is 2.21. The number of hydrogen-bond donors (Lipinski definition) is 2. The molecule has 0 aromatic heterocycles. The van der Waals surface area contributed by atoms with E-state index in [1.54, 1.807) is 0 Å². The molecular weight excluding hydrogens is 158 g/mol. The van der Waals surface area contributed by atoms with Gasteiger partial charge in [-0.1, -0.05) is 13.3 Å². The third kappa shape index (κ3) is 1.47. The molecule has 0 fully saturated rings. The van der Waals surface area contributed by atoms with Crippen molar-refractivity contribution < 1.29 is 14.7 Å². The number of imide groups is 1. The van der Waals surface area contributed by atoms with Gasteiger partial charge in [0, 0.05) is 0 Å². The summed E-state index contributed by atoms with van der Waals surface area (Å²) in [5, 5.41) is 11.1. The zero-order valence-electron chi connectivity index (χ0n) is 6.89. The summed E-state index contributed by atoms with van der Waals surface area (Å²) in [6.45, 7) is 1.98. The topological polar surface area (TPSA) is 66.4 Å². The fourth-order valence-electron chi connectivity index (χ4n) is 1.07. The molecule has 12 heavy (non-hydrogen) atoms. The number of unbranched alkanes of at least 4 members (excludes halogenated alkanes) is 1. The highest BCUT2D eigenvalue weighted by atomic mass is 16.3. The molecule has 1 rings (SSSR count). The zero-order valence-corrected chi connectivity index (χ0v) is 6.89. The van der Waals surface area contributed by atoms with Crippen molar-refractivity contribution >= 4 is 11.8 Å². The van der Waals surface area contributed by atoms with E-state index in [0.717, 1.165) is 12.8 Å². The number of carbonyl (C=O) groups excluding carboxylic acids is 2. The van der Waals surface area contributed by atoms with Gasteiger partial charge in [0.05, 0.1) is 5.57 Å². The van der Waals surface area contributed by atoms with Crippen molar-refractivity contribution in [1.29, 1.82) is 0 Å². The number of amides is 2. The molecule has 0 aromatic carbocycles. The van der Waals surface area contributed by atoms with E-state index >= 15 is 0 Å². The van der Waals surface area contributed by atoms with Gasteiger partial charge in [-0.15, -0.1) is 0 Å². The molecule has 0 atom stereocenters. The number of aliphatic hydroxyl groups excluding tert-OH is 1. The SMILES string of the molecule is CCCCC1=C(O)C(=O)NC1=O. The van der Waals surface area contributed by atoms with Crippen molar-refractivity contribution in [3.05, 3.63) is 11.3 Å². The molecule has 0 saturated carbocycles. The van der Waals surface area contributed by atoms with Crippen LogP contribution in [0, 0.1) is 0 Å². The van der Waals surface area contributed by atoms with E-state index in [0.29, 0.717) is 6.42 Å². The van der Waals surface area contributed by atoms with E-state index in [2.05, 4.69) is 0 Å². The number of nitrogens with one attached hydrogen (secondary N) is 1. The first-order valence-corrected chi connectivity index (χ1v) is 3.94. The van der Waals surface area contributed by atoms with Gasteiger partial charge in [-0.3, -0.25) is 14.9 Å². The van der Waals surface area contributed by atoms with E-state index in [4.69, 9.17) is 5.11 Å². The van der Waals surface area contributed by atoms with Crippen LogP contribution >= 0.6 is 0 Å². The molecule has 0 unspecified atom stereocenters. The van der Waals surface area contributed by atoms with E-state index in [9.17, 15) is 9.59 Å². The molecule has 2 amide bonds. The molecule has 1 heterocycles. The van der Waals surface area contributed by atoms with Crippen LogP contribution in [0.2, 0.25) is 0 Å². The van der Waals surface area contributed by atoms with Crippen LogP contribution in [0.15, 0.2) is 11.3 Å². The van der Waals surface area contributed by atoms with Crippen molar-refractivity contribution in [3.63, 3.8) is 0 Å². The Morgan fingerprint density at radius 3 is 2.42 bits per heavy atom. The van der Waals surface area contributed by atoms with Gasteiger partial charge in [0.2, 0.25) is 0 Å². The van der Waals surface area contributed by atoms with Crippen LogP contribution in [0.25, 0.3) is 0 Å². The van der Waals surface area contributed by atoms with E-state index in [-0.39, 0.29) is 5.57 Å². The van der Waals surface area contributed by atoms with E-state index < -0.39 is 17.6 Å². The second-order valence-electron chi connectivity index (χ2n) is 2.71. The van der Waals surface area contributed by atoms with Crippen molar-refractivity contribution in [1.82, 2.24) is 5.32 Å². The molecule has 0 bridgehead atoms. The molecule has 0 radical (unpaired) electrons. The fraction of sp³-hybridized carbons (Fsp3) is 0.500. The van der Waals surface area contributed by atoms with Crippen LogP contribution in [-0.4, -0.2) is 16.9 Å². The van der Waals surface area contributed by atoms with Gasteiger partial charge in [-0.2, -0.15) is 0 Å².